The van der Waals surface area contributed by atoms with E-state index in [4.69, 9.17) is 0 Å². The minimum atomic E-state index is -0.795. The van der Waals surface area contributed by atoms with E-state index in [0.29, 0.717) is 5.92 Å². The van der Waals surface area contributed by atoms with Crippen molar-refractivity contribution in [3.05, 3.63) is 41.6 Å². The number of rotatable bonds is 3. The molecule has 0 aromatic heterocycles. The second-order valence-corrected chi connectivity index (χ2v) is 5.09. The molecule has 0 atom stereocenters. The van der Waals surface area contributed by atoms with Gasteiger partial charge < -0.3 is 10.6 Å². The molecular formula is C15H18F2N2O. The fourth-order valence-corrected chi connectivity index (χ4v) is 2.43. The standard InChI is InChI=1S/C15H18F2N2O/c1-10(11-4-2-3-5-11)9-18-15(20)19-14-7-6-12(16)8-13(14)17/h6-9,11H,2-5H2,1H3,(H2,18,19,20)/b10-9+. The molecule has 1 saturated carbocycles. The second kappa shape index (κ2) is 6.50. The third kappa shape index (κ3) is 3.79. The molecule has 108 valence electrons. The number of halogens is 2. The fourth-order valence-electron chi connectivity index (χ4n) is 2.43. The molecule has 3 nitrogen and oxygen atoms in total. The fraction of sp³-hybridized carbons (Fsp3) is 0.400. The molecular weight excluding hydrogens is 262 g/mol. The van der Waals surface area contributed by atoms with Crippen molar-refractivity contribution >= 4 is 11.7 Å². The van der Waals surface area contributed by atoms with Gasteiger partial charge in [0.05, 0.1) is 5.69 Å². The van der Waals surface area contributed by atoms with Crippen molar-refractivity contribution in [3.63, 3.8) is 0 Å². The molecule has 0 radical (unpaired) electrons. The van der Waals surface area contributed by atoms with Crippen molar-refractivity contribution in [2.45, 2.75) is 32.6 Å². The van der Waals surface area contributed by atoms with Crippen LogP contribution in [0, 0.1) is 17.6 Å². The van der Waals surface area contributed by atoms with E-state index >= 15 is 0 Å². The van der Waals surface area contributed by atoms with Gasteiger partial charge in [0.2, 0.25) is 0 Å². The number of anilines is 1. The SMILES string of the molecule is C/C(=C\NC(=O)Nc1ccc(F)cc1F)C1CCCC1. The molecule has 0 heterocycles. The lowest BCUT2D eigenvalue weighted by Crippen LogP contribution is -2.25. The van der Waals surface area contributed by atoms with Gasteiger partial charge in [-0.1, -0.05) is 18.4 Å². The van der Waals surface area contributed by atoms with Gasteiger partial charge in [-0.15, -0.1) is 0 Å². The number of nitrogens with one attached hydrogen (secondary N) is 2. The minimum Gasteiger partial charge on any atom is -0.314 e. The summed E-state index contributed by atoms with van der Waals surface area (Å²) in [5.74, 6) is -0.945. The zero-order chi connectivity index (χ0) is 14.5. The number of carbonyl (C=O) groups excluding carboxylic acids is 1. The van der Waals surface area contributed by atoms with Crippen LogP contribution in [0.15, 0.2) is 30.0 Å². The molecule has 0 aliphatic heterocycles. The summed E-state index contributed by atoms with van der Waals surface area (Å²) in [7, 11) is 0. The van der Waals surface area contributed by atoms with Crippen molar-refractivity contribution in [2.24, 2.45) is 5.92 Å². The first kappa shape index (κ1) is 14.5. The minimum absolute atomic E-state index is 0.0455. The maximum absolute atomic E-state index is 13.4. The lowest BCUT2D eigenvalue weighted by molar-refractivity contribution is 0.255. The van der Waals surface area contributed by atoms with Gasteiger partial charge in [-0.25, -0.2) is 13.6 Å². The van der Waals surface area contributed by atoms with E-state index in [-0.39, 0.29) is 5.69 Å². The molecule has 0 spiro atoms. The van der Waals surface area contributed by atoms with Crippen molar-refractivity contribution in [1.29, 1.82) is 0 Å². The van der Waals surface area contributed by atoms with Crippen LogP contribution >= 0.6 is 0 Å². The van der Waals surface area contributed by atoms with E-state index in [1.165, 1.54) is 18.9 Å². The number of hydrogen-bond donors (Lipinski definition) is 2. The van der Waals surface area contributed by atoms with Gasteiger partial charge in [0, 0.05) is 12.3 Å². The second-order valence-electron chi connectivity index (χ2n) is 5.09. The lowest BCUT2D eigenvalue weighted by Gasteiger charge is -2.10. The summed E-state index contributed by atoms with van der Waals surface area (Å²) in [6, 6.07) is 2.48. The van der Waals surface area contributed by atoms with Gasteiger partial charge >= 0.3 is 6.03 Å². The smallest absolute Gasteiger partial charge is 0.314 e. The van der Waals surface area contributed by atoms with Crippen LogP contribution in [-0.2, 0) is 0 Å². The Morgan fingerprint density at radius 3 is 2.65 bits per heavy atom. The zero-order valence-corrected chi connectivity index (χ0v) is 11.4. The van der Waals surface area contributed by atoms with E-state index in [0.717, 1.165) is 30.5 Å². The Hall–Kier alpha value is -1.91. The normalized spacial score (nSPS) is 16.2. The van der Waals surface area contributed by atoms with Gasteiger partial charge in [-0.2, -0.15) is 0 Å². The number of carbonyl (C=O) groups is 1. The highest BCUT2D eigenvalue weighted by atomic mass is 19.1. The van der Waals surface area contributed by atoms with Crippen LogP contribution in [0.25, 0.3) is 0 Å². The van der Waals surface area contributed by atoms with Crippen molar-refractivity contribution in [1.82, 2.24) is 5.32 Å². The Morgan fingerprint density at radius 2 is 2.00 bits per heavy atom. The van der Waals surface area contributed by atoms with Crippen LogP contribution in [-0.4, -0.2) is 6.03 Å². The van der Waals surface area contributed by atoms with E-state index in [1.807, 2.05) is 6.92 Å². The molecule has 1 fully saturated rings. The van der Waals surface area contributed by atoms with E-state index in [2.05, 4.69) is 10.6 Å². The predicted octanol–water partition coefficient (Wildman–Crippen LogP) is 4.18. The van der Waals surface area contributed by atoms with Crippen LogP contribution < -0.4 is 10.6 Å². The average molecular weight is 280 g/mol. The Bertz CT molecular complexity index is 523. The summed E-state index contributed by atoms with van der Waals surface area (Å²) < 4.78 is 26.1. The van der Waals surface area contributed by atoms with Crippen molar-refractivity contribution < 1.29 is 13.6 Å². The topological polar surface area (TPSA) is 41.1 Å². The average Bonchev–Trinajstić information content (AvgIpc) is 2.93. The molecule has 2 rings (SSSR count). The Labute approximate surface area is 117 Å². The van der Waals surface area contributed by atoms with Gasteiger partial charge in [0.25, 0.3) is 0 Å². The van der Waals surface area contributed by atoms with Gasteiger partial charge in [-0.3, -0.25) is 0 Å². The summed E-state index contributed by atoms with van der Waals surface area (Å²) in [6.07, 6.45) is 6.41. The summed E-state index contributed by atoms with van der Waals surface area (Å²) in [4.78, 5) is 11.6. The largest absolute Gasteiger partial charge is 0.323 e. The van der Waals surface area contributed by atoms with Gasteiger partial charge in [0.15, 0.2) is 0 Å². The number of benzene rings is 1. The molecule has 0 bridgehead atoms. The molecule has 5 heteroatoms. The first-order valence-corrected chi connectivity index (χ1v) is 6.75. The molecule has 1 aromatic carbocycles. The Morgan fingerprint density at radius 1 is 1.30 bits per heavy atom. The summed E-state index contributed by atoms with van der Waals surface area (Å²) in [5, 5.41) is 4.92. The molecule has 0 saturated heterocycles. The number of allylic oxidation sites excluding steroid dienone is 1. The summed E-state index contributed by atoms with van der Waals surface area (Å²) in [6.45, 7) is 1.98. The highest BCUT2D eigenvalue weighted by Crippen LogP contribution is 2.30. The van der Waals surface area contributed by atoms with Gasteiger partial charge in [0.1, 0.15) is 11.6 Å². The van der Waals surface area contributed by atoms with Crippen LogP contribution in [0.1, 0.15) is 32.6 Å². The molecule has 20 heavy (non-hydrogen) atoms. The van der Waals surface area contributed by atoms with E-state index in [1.54, 1.807) is 6.20 Å². The van der Waals surface area contributed by atoms with E-state index in [9.17, 15) is 13.6 Å². The first-order valence-electron chi connectivity index (χ1n) is 6.75. The molecule has 2 amide bonds. The maximum Gasteiger partial charge on any atom is 0.323 e. The Balaban J connectivity index is 1.90. The third-order valence-corrected chi connectivity index (χ3v) is 3.61. The number of urea groups is 1. The Kier molecular flexibility index (Phi) is 4.71. The highest BCUT2D eigenvalue weighted by Gasteiger charge is 2.16. The molecule has 1 aromatic rings. The van der Waals surface area contributed by atoms with Crippen molar-refractivity contribution in [3.8, 4) is 0 Å². The zero-order valence-electron chi connectivity index (χ0n) is 11.4. The quantitative estimate of drug-likeness (QED) is 0.856. The third-order valence-electron chi connectivity index (χ3n) is 3.61. The summed E-state index contributed by atoms with van der Waals surface area (Å²) >= 11 is 0. The first-order chi connectivity index (χ1) is 9.56. The highest BCUT2D eigenvalue weighted by molar-refractivity contribution is 5.90. The molecule has 2 N–H and O–H groups in total. The van der Waals surface area contributed by atoms with Crippen molar-refractivity contribution in [2.75, 3.05) is 5.32 Å². The molecule has 1 aliphatic rings. The van der Waals surface area contributed by atoms with Crippen LogP contribution in [0.2, 0.25) is 0 Å². The van der Waals surface area contributed by atoms with Crippen LogP contribution in [0.5, 0.6) is 0 Å². The molecule has 1 aliphatic carbocycles. The molecule has 0 unspecified atom stereocenters. The van der Waals surface area contributed by atoms with Crippen LogP contribution in [0.3, 0.4) is 0 Å². The number of amides is 2. The predicted molar refractivity (Wildman–Crippen MR) is 74.2 cm³/mol. The maximum atomic E-state index is 13.4. The number of hydrogen-bond acceptors (Lipinski definition) is 1. The lowest BCUT2D eigenvalue weighted by atomic mass is 10.0. The monoisotopic (exact) mass is 280 g/mol. The van der Waals surface area contributed by atoms with E-state index < -0.39 is 17.7 Å². The summed E-state index contributed by atoms with van der Waals surface area (Å²) in [5.41, 5.74) is 1.08. The van der Waals surface area contributed by atoms with Crippen LogP contribution in [0.4, 0.5) is 19.3 Å². The van der Waals surface area contributed by atoms with Gasteiger partial charge in [-0.05, 0) is 37.8 Å².